The highest BCUT2D eigenvalue weighted by atomic mass is 19.1. The standard InChI is InChI=1S/C16H16FNO3/c1-20-14-5-3-4-13(15(14)21-2)16(19)18-10-11-6-8-12(17)9-7-11/h3-9H,10H2,1-2H3,(H,18,19). The number of para-hydroxylation sites is 1. The molecular formula is C16H16FNO3. The number of rotatable bonds is 5. The van der Waals surface area contributed by atoms with Gasteiger partial charge in [-0.25, -0.2) is 4.39 Å². The number of methoxy groups -OCH3 is 2. The molecule has 5 heteroatoms. The van der Waals surface area contributed by atoms with Gasteiger partial charge in [-0.15, -0.1) is 0 Å². The van der Waals surface area contributed by atoms with Crippen molar-refractivity contribution in [3.63, 3.8) is 0 Å². The molecular weight excluding hydrogens is 273 g/mol. The van der Waals surface area contributed by atoms with Gasteiger partial charge in [0.1, 0.15) is 5.82 Å². The molecule has 0 aliphatic rings. The number of nitrogens with one attached hydrogen (secondary N) is 1. The summed E-state index contributed by atoms with van der Waals surface area (Å²) in [6.07, 6.45) is 0. The van der Waals surface area contributed by atoms with Crippen molar-refractivity contribution in [1.29, 1.82) is 0 Å². The summed E-state index contributed by atoms with van der Waals surface area (Å²) in [4.78, 5) is 12.2. The van der Waals surface area contributed by atoms with Crippen LogP contribution in [0.2, 0.25) is 0 Å². The maximum atomic E-state index is 12.8. The molecule has 0 bridgehead atoms. The van der Waals surface area contributed by atoms with Gasteiger partial charge in [0.25, 0.3) is 5.91 Å². The molecule has 4 nitrogen and oxygen atoms in total. The number of ether oxygens (including phenoxy) is 2. The van der Waals surface area contributed by atoms with E-state index >= 15 is 0 Å². The van der Waals surface area contributed by atoms with Gasteiger partial charge in [-0.05, 0) is 29.8 Å². The highest BCUT2D eigenvalue weighted by molar-refractivity contribution is 5.97. The molecule has 0 spiro atoms. The van der Waals surface area contributed by atoms with Crippen LogP contribution in [0.5, 0.6) is 11.5 Å². The Bertz CT molecular complexity index is 626. The monoisotopic (exact) mass is 289 g/mol. The second-order valence-electron chi connectivity index (χ2n) is 4.35. The minimum absolute atomic E-state index is 0.282. The highest BCUT2D eigenvalue weighted by Gasteiger charge is 2.15. The van der Waals surface area contributed by atoms with Crippen molar-refractivity contribution >= 4 is 5.91 Å². The number of benzene rings is 2. The Balaban J connectivity index is 2.11. The van der Waals surface area contributed by atoms with Gasteiger partial charge in [-0.2, -0.15) is 0 Å². The van der Waals surface area contributed by atoms with E-state index in [4.69, 9.17) is 9.47 Å². The molecule has 110 valence electrons. The van der Waals surface area contributed by atoms with E-state index in [2.05, 4.69) is 5.32 Å². The summed E-state index contributed by atoms with van der Waals surface area (Å²) in [5, 5.41) is 2.76. The third-order valence-corrected chi connectivity index (χ3v) is 3.01. The fourth-order valence-electron chi connectivity index (χ4n) is 1.95. The number of amides is 1. The van der Waals surface area contributed by atoms with Crippen LogP contribution in [-0.2, 0) is 6.54 Å². The molecule has 2 aromatic rings. The second kappa shape index (κ2) is 6.74. The summed E-state index contributed by atoms with van der Waals surface area (Å²) in [6.45, 7) is 0.305. The zero-order valence-electron chi connectivity index (χ0n) is 11.9. The molecule has 0 aliphatic heterocycles. The topological polar surface area (TPSA) is 47.6 Å². The third-order valence-electron chi connectivity index (χ3n) is 3.01. The summed E-state index contributed by atoms with van der Waals surface area (Å²) in [7, 11) is 2.99. The van der Waals surface area contributed by atoms with Gasteiger partial charge in [0, 0.05) is 6.54 Å². The van der Waals surface area contributed by atoms with Gasteiger partial charge in [-0.3, -0.25) is 4.79 Å². The van der Waals surface area contributed by atoms with Gasteiger partial charge in [0.05, 0.1) is 19.8 Å². The first-order valence-corrected chi connectivity index (χ1v) is 6.39. The maximum Gasteiger partial charge on any atom is 0.255 e. The van der Waals surface area contributed by atoms with Crippen LogP contribution < -0.4 is 14.8 Å². The fraction of sp³-hybridized carbons (Fsp3) is 0.188. The first-order valence-electron chi connectivity index (χ1n) is 6.39. The lowest BCUT2D eigenvalue weighted by Gasteiger charge is -2.12. The molecule has 0 heterocycles. The fourth-order valence-corrected chi connectivity index (χ4v) is 1.95. The van der Waals surface area contributed by atoms with Gasteiger partial charge < -0.3 is 14.8 Å². The Morgan fingerprint density at radius 1 is 1.10 bits per heavy atom. The molecule has 0 saturated carbocycles. The zero-order chi connectivity index (χ0) is 15.2. The molecule has 0 unspecified atom stereocenters. The normalized spacial score (nSPS) is 10.0. The largest absolute Gasteiger partial charge is 0.493 e. The van der Waals surface area contributed by atoms with Gasteiger partial charge in [-0.1, -0.05) is 18.2 Å². The van der Waals surface area contributed by atoms with Crippen molar-refractivity contribution in [2.75, 3.05) is 14.2 Å². The van der Waals surface area contributed by atoms with Crippen LogP contribution >= 0.6 is 0 Å². The van der Waals surface area contributed by atoms with Crippen LogP contribution in [0, 0.1) is 5.82 Å². The van der Waals surface area contributed by atoms with Crippen LogP contribution in [0.25, 0.3) is 0 Å². The quantitative estimate of drug-likeness (QED) is 0.920. The van der Waals surface area contributed by atoms with E-state index in [0.29, 0.717) is 23.6 Å². The minimum Gasteiger partial charge on any atom is -0.493 e. The summed E-state index contributed by atoms with van der Waals surface area (Å²) < 4.78 is 23.2. The molecule has 21 heavy (non-hydrogen) atoms. The number of hydrogen-bond donors (Lipinski definition) is 1. The van der Waals surface area contributed by atoms with Crippen molar-refractivity contribution in [1.82, 2.24) is 5.32 Å². The molecule has 0 radical (unpaired) electrons. The number of halogens is 1. The van der Waals surface area contributed by atoms with Crippen LogP contribution in [0.15, 0.2) is 42.5 Å². The first-order chi connectivity index (χ1) is 10.2. The van der Waals surface area contributed by atoms with Crippen molar-refractivity contribution in [3.05, 3.63) is 59.4 Å². The number of carbonyl (C=O) groups is 1. The molecule has 0 atom stereocenters. The average Bonchev–Trinajstić information content (AvgIpc) is 2.53. The van der Waals surface area contributed by atoms with Crippen LogP contribution in [0.4, 0.5) is 4.39 Å². The lowest BCUT2D eigenvalue weighted by molar-refractivity contribution is 0.0947. The maximum absolute atomic E-state index is 12.8. The average molecular weight is 289 g/mol. The lowest BCUT2D eigenvalue weighted by atomic mass is 10.1. The Hall–Kier alpha value is -2.56. The van der Waals surface area contributed by atoms with E-state index in [1.165, 1.54) is 26.4 Å². The van der Waals surface area contributed by atoms with E-state index < -0.39 is 0 Å². The van der Waals surface area contributed by atoms with Gasteiger partial charge in [0.2, 0.25) is 0 Å². The van der Waals surface area contributed by atoms with Crippen molar-refractivity contribution in [3.8, 4) is 11.5 Å². The second-order valence-corrected chi connectivity index (χ2v) is 4.35. The molecule has 1 amide bonds. The number of carbonyl (C=O) groups excluding carboxylic acids is 1. The van der Waals surface area contributed by atoms with Crippen LogP contribution in [0.3, 0.4) is 0 Å². The van der Waals surface area contributed by atoms with E-state index in [9.17, 15) is 9.18 Å². The van der Waals surface area contributed by atoms with Gasteiger partial charge in [0.15, 0.2) is 11.5 Å². The predicted molar refractivity (Wildman–Crippen MR) is 77.1 cm³/mol. The summed E-state index contributed by atoms with van der Waals surface area (Å²) >= 11 is 0. The van der Waals surface area contributed by atoms with Crippen LogP contribution in [0.1, 0.15) is 15.9 Å². The van der Waals surface area contributed by atoms with Crippen LogP contribution in [-0.4, -0.2) is 20.1 Å². The van der Waals surface area contributed by atoms with E-state index in [1.807, 2.05) is 0 Å². The van der Waals surface area contributed by atoms with Gasteiger partial charge >= 0.3 is 0 Å². The lowest BCUT2D eigenvalue weighted by Crippen LogP contribution is -2.23. The molecule has 0 saturated heterocycles. The molecule has 0 fully saturated rings. The smallest absolute Gasteiger partial charge is 0.255 e. The van der Waals surface area contributed by atoms with Crippen molar-refractivity contribution < 1.29 is 18.7 Å². The molecule has 0 aliphatic carbocycles. The Labute approximate surface area is 122 Å². The predicted octanol–water partition coefficient (Wildman–Crippen LogP) is 2.77. The molecule has 0 aromatic heterocycles. The van der Waals surface area contributed by atoms with E-state index in [-0.39, 0.29) is 11.7 Å². The minimum atomic E-state index is -0.306. The zero-order valence-corrected chi connectivity index (χ0v) is 11.9. The Morgan fingerprint density at radius 2 is 1.81 bits per heavy atom. The third kappa shape index (κ3) is 3.51. The summed E-state index contributed by atoms with van der Waals surface area (Å²) in [6, 6.07) is 11.0. The van der Waals surface area contributed by atoms with Crippen molar-refractivity contribution in [2.45, 2.75) is 6.54 Å². The van der Waals surface area contributed by atoms with E-state index in [1.54, 1.807) is 30.3 Å². The first kappa shape index (κ1) is 14.8. The summed E-state index contributed by atoms with van der Waals surface area (Å²) in [5.41, 5.74) is 1.20. The Morgan fingerprint density at radius 3 is 2.43 bits per heavy atom. The molecule has 2 rings (SSSR count). The van der Waals surface area contributed by atoms with Crippen molar-refractivity contribution in [2.24, 2.45) is 0 Å². The van der Waals surface area contributed by atoms with E-state index in [0.717, 1.165) is 5.56 Å². The highest BCUT2D eigenvalue weighted by Crippen LogP contribution is 2.30. The number of hydrogen-bond acceptors (Lipinski definition) is 3. The molecule has 1 N–H and O–H groups in total. The SMILES string of the molecule is COc1cccc(C(=O)NCc2ccc(F)cc2)c1OC. The molecule has 2 aromatic carbocycles. The Kier molecular flexibility index (Phi) is 4.77. The summed E-state index contributed by atoms with van der Waals surface area (Å²) in [5.74, 6) is 0.290.